The lowest BCUT2D eigenvalue weighted by Gasteiger charge is -2.16. The van der Waals surface area contributed by atoms with Crippen LogP contribution in [0.25, 0.3) is 28.0 Å². The average Bonchev–Trinajstić information content (AvgIpc) is 3.28. The number of aryl methyl sites for hydroxylation is 1. The van der Waals surface area contributed by atoms with Gasteiger partial charge in [0.15, 0.2) is 5.16 Å². The first-order valence-electron chi connectivity index (χ1n) is 11.5. The molecule has 0 atom stereocenters. The molecule has 8 heteroatoms. The number of rotatable bonds is 7. The van der Waals surface area contributed by atoms with Crippen LogP contribution >= 0.6 is 11.8 Å². The predicted octanol–water partition coefficient (Wildman–Crippen LogP) is 5.72. The molecule has 0 aliphatic heterocycles. The Hall–Kier alpha value is -4.04. The molecule has 36 heavy (non-hydrogen) atoms. The maximum Gasteiger partial charge on any atom is 0.266 e. The zero-order valence-electron chi connectivity index (χ0n) is 20.6. The van der Waals surface area contributed by atoms with Gasteiger partial charge in [-0.15, -0.1) is 0 Å². The van der Waals surface area contributed by atoms with Gasteiger partial charge in [0.25, 0.3) is 5.56 Å². The predicted molar refractivity (Wildman–Crippen MR) is 144 cm³/mol. The monoisotopic (exact) mass is 498 g/mol. The minimum absolute atomic E-state index is 0.100. The molecule has 2 aromatic heterocycles. The van der Waals surface area contributed by atoms with Crippen molar-refractivity contribution in [2.45, 2.75) is 17.8 Å². The maximum atomic E-state index is 13.5. The smallest absolute Gasteiger partial charge is 0.266 e. The number of fused-ring (bicyclic) bond motifs is 1. The highest BCUT2D eigenvalue weighted by Crippen LogP contribution is 2.29. The number of para-hydroxylation sites is 1. The number of nitrogens with zero attached hydrogens (tertiary/aromatic N) is 4. The van der Waals surface area contributed by atoms with E-state index in [1.807, 2.05) is 98.7 Å². The van der Waals surface area contributed by atoms with E-state index in [0.29, 0.717) is 27.7 Å². The number of hydrogen-bond acceptors (Lipinski definition) is 7. The number of aromatic nitrogens is 3. The highest BCUT2D eigenvalue weighted by atomic mass is 32.2. The molecule has 0 radical (unpaired) electrons. The molecule has 5 aromatic rings. The van der Waals surface area contributed by atoms with E-state index in [2.05, 4.69) is 0 Å². The van der Waals surface area contributed by atoms with Crippen molar-refractivity contribution in [2.24, 2.45) is 0 Å². The van der Waals surface area contributed by atoms with Crippen LogP contribution in [0.2, 0.25) is 0 Å². The highest BCUT2D eigenvalue weighted by Gasteiger charge is 2.17. The summed E-state index contributed by atoms with van der Waals surface area (Å²) in [5.41, 5.74) is 4.07. The van der Waals surface area contributed by atoms with Gasteiger partial charge in [-0.1, -0.05) is 23.9 Å². The molecule has 0 fully saturated rings. The van der Waals surface area contributed by atoms with Crippen molar-refractivity contribution in [3.63, 3.8) is 0 Å². The molecule has 3 aromatic carbocycles. The largest absolute Gasteiger partial charge is 0.497 e. The number of benzene rings is 3. The summed E-state index contributed by atoms with van der Waals surface area (Å²) in [4.78, 5) is 25.1. The zero-order chi connectivity index (χ0) is 25.2. The Balaban J connectivity index is 1.50. The Morgan fingerprint density at radius 3 is 2.39 bits per heavy atom. The van der Waals surface area contributed by atoms with Crippen LogP contribution in [0.3, 0.4) is 0 Å². The Morgan fingerprint density at radius 2 is 1.69 bits per heavy atom. The first kappa shape index (κ1) is 23.7. The molecule has 0 N–H and O–H groups in total. The van der Waals surface area contributed by atoms with Gasteiger partial charge >= 0.3 is 0 Å². The Bertz CT molecular complexity index is 1570. The number of anilines is 1. The number of thioether (sulfide) groups is 1. The lowest BCUT2D eigenvalue weighted by molar-refractivity contribution is 0.415. The van der Waals surface area contributed by atoms with E-state index in [-0.39, 0.29) is 5.56 Å². The molecule has 0 unspecified atom stereocenters. The third-order valence-corrected chi connectivity index (χ3v) is 6.89. The minimum Gasteiger partial charge on any atom is -0.497 e. The van der Waals surface area contributed by atoms with E-state index >= 15 is 0 Å². The van der Waals surface area contributed by atoms with Gasteiger partial charge in [0.2, 0.25) is 5.89 Å². The quantitative estimate of drug-likeness (QED) is 0.210. The molecule has 0 amide bonds. The molecule has 182 valence electrons. The van der Waals surface area contributed by atoms with Gasteiger partial charge in [-0.25, -0.2) is 9.97 Å². The number of methoxy groups -OCH3 is 1. The van der Waals surface area contributed by atoms with Crippen molar-refractivity contribution in [3.8, 4) is 22.9 Å². The van der Waals surface area contributed by atoms with Crippen molar-refractivity contribution in [3.05, 3.63) is 94.6 Å². The zero-order valence-corrected chi connectivity index (χ0v) is 21.4. The maximum absolute atomic E-state index is 13.5. The fraction of sp³-hybridized carbons (Fsp3) is 0.179. The Labute approximate surface area is 213 Å². The molecular formula is C28H26N4O3S. The van der Waals surface area contributed by atoms with Gasteiger partial charge < -0.3 is 14.1 Å². The molecular weight excluding hydrogens is 472 g/mol. The molecule has 0 saturated carbocycles. The van der Waals surface area contributed by atoms with Crippen LogP contribution in [-0.4, -0.2) is 35.7 Å². The van der Waals surface area contributed by atoms with E-state index < -0.39 is 0 Å². The summed E-state index contributed by atoms with van der Waals surface area (Å²) in [5.74, 6) is 2.57. The molecule has 0 aliphatic carbocycles. The minimum atomic E-state index is -0.100. The second-order valence-corrected chi connectivity index (χ2v) is 9.44. The van der Waals surface area contributed by atoms with Crippen LogP contribution in [0.5, 0.6) is 5.75 Å². The van der Waals surface area contributed by atoms with Gasteiger partial charge in [-0.05, 0) is 67.6 Å². The summed E-state index contributed by atoms with van der Waals surface area (Å²) in [7, 11) is 5.61. The second kappa shape index (κ2) is 9.91. The van der Waals surface area contributed by atoms with Crippen molar-refractivity contribution in [1.82, 2.24) is 14.5 Å². The van der Waals surface area contributed by atoms with Crippen LogP contribution in [-0.2, 0) is 5.75 Å². The molecule has 0 aliphatic rings. The summed E-state index contributed by atoms with van der Waals surface area (Å²) in [6, 6.07) is 22.9. The fourth-order valence-corrected chi connectivity index (χ4v) is 4.90. The highest BCUT2D eigenvalue weighted by molar-refractivity contribution is 7.98. The summed E-state index contributed by atoms with van der Waals surface area (Å²) in [6.07, 6.45) is 0. The summed E-state index contributed by atoms with van der Waals surface area (Å²) < 4.78 is 12.9. The molecule has 7 nitrogen and oxygen atoms in total. The third kappa shape index (κ3) is 4.59. The molecule has 0 spiro atoms. The van der Waals surface area contributed by atoms with Crippen molar-refractivity contribution in [2.75, 3.05) is 26.1 Å². The standard InChI is InChI=1S/C28H26N4O3S/c1-18-25(29-26(35-18)19-9-15-22(34-4)16-10-19)17-36-28-30-24-8-6-5-7-23(24)27(33)32(28)21-13-11-20(12-14-21)31(2)3/h5-16H,17H2,1-4H3. The first-order chi connectivity index (χ1) is 17.4. The van der Waals surface area contributed by atoms with Crippen molar-refractivity contribution in [1.29, 1.82) is 0 Å². The number of oxazole rings is 1. The number of hydrogen-bond donors (Lipinski definition) is 0. The van der Waals surface area contributed by atoms with Crippen LogP contribution in [0.1, 0.15) is 11.5 Å². The first-order valence-corrected chi connectivity index (χ1v) is 12.5. The lowest BCUT2D eigenvalue weighted by atomic mass is 10.2. The van der Waals surface area contributed by atoms with E-state index in [0.717, 1.165) is 34.1 Å². The van der Waals surface area contributed by atoms with Crippen LogP contribution in [0, 0.1) is 6.92 Å². The van der Waals surface area contributed by atoms with Gasteiger partial charge in [0.1, 0.15) is 11.5 Å². The third-order valence-electron chi connectivity index (χ3n) is 5.94. The van der Waals surface area contributed by atoms with Crippen LogP contribution < -0.4 is 15.2 Å². The second-order valence-electron chi connectivity index (χ2n) is 8.50. The Morgan fingerprint density at radius 1 is 0.972 bits per heavy atom. The molecule has 0 saturated heterocycles. The van der Waals surface area contributed by atoms with Gasteiger partial charge in [-0.2, -0.15) is 0 Å². The van der Waals surface area contributed by atoms with Gasteiger partial charge in [0, 0.05) is 31.1 Å². The SMILES string of the molecule is COc1ccc(-c2nc(CSc3nc4ccccc4c(=O)n3-c3ccc(N(C)C)cc3)c(C)o2)cc1. The van der Waals surface area contributed by atoms with E-state index in [9.17, 15) is 4.79 Å². The normalized spacial score (nSPS) is 11.1. The van der Waals surface area contributed by atoms with Crippen molar-refractivity contribution >= 4 is 28.4 Å². The topological polar surface area (TPSA) is 73.4 Å². The van der Waals surface area contributed by atoms with Crippen LogP contribution in [0.4, 0.5) is 5.69 Å². The van der Waals surface area contributed by atoms with E-state index in [4.69, 9.17) is 19.1 Å². The summed E-state index contributed by atoms with van der Waals surface area (Å²) >= 11 is 1.46. The lowest BCUT2D eigenvalue weighted by Crippen LogP contribution is -2.22. The molecule has 5 rings (SSSR count). The van der Waals surface area contributed by atoms with Crippen molar-refractivity contribution < 1.29 is 9.15 Å². The molecule has 0 bridgehead atoms. The van der Waals surface area contributed by atoms with Crippen LogP contribution in [0.15, 0.2) is 87.2 Å². The van der Waals surface area contributed by atoms with Gasteiger partial charge in [0.05, 0.1) is 29.4 Å². The van der Waals surface area contributed by atoms with E-state index in [1.54, 1.807) is 11.7 Å². The fourth-order valence-electron chi connectivity index (χ4n) is 3.89. The Kier molecular flexibility index (Phi) is 6.52. The summed E-state index contributed by atoms with van der Waals surface area (Å²) in [5, 5.41) is 1.18. The summed E-state index contributed by atoms with van der Waals surface area (Å²) in [6.45, 7) is 1.90. The average molecular weight is 499 g/mol. The number of ether oxygens (including phenoxy) is 1. The van der Waals surface area contributed by atoms with Gasteiger partial charge in [-0.3, -0.25) is 9.36 Å². The molecule has 2 heterocycles. The van der Waals surface area contributed by atoms with E-state index in [1.165, 1.54) is 11.8 Å².